The molecule has 0 bridgehead atoms. The van der Waals surface area contributed by atoms with Crippen LogP contribution in [-0.4, -0.2) is 31.5 Å². The number of anilines is 1. The molecule has 0 radical (unpaired) electrons. The van der Waals surface area contributed by atoms with Crippen molar-refractivity contribution in [2.75, 3.05) is 4.90 Å². The van der Waals surface area contributed by atoms with Crippen molar-refractivity contribution in [1.29, 1.82) is 0 Å². The molecule has 1 aliphatic heterocycles. The summed E-state index contributed by atoms with van der Waals surface area (Å²) < 4.78 is 1.67. The van der Waals surface area contributed by atoms with Crippen LogP contribution in [0, 0.1) is 24.0 Å². The molecule has 0 saturated heterocycles. The van der Waals surface area contributed by atoms with E-state index in [0.29, 0.717) is 16.7 Å². The largest absolute Gasteiger partial charge is 0.269 e. The third kappa shape index (κ3) is 2.63. The highest BCUT2D eigenvalue weighted by Gasteiger charge is 2.40. The molecule has 0 unspecified atom stereocenters. The Kier molecular flexibility index (Phi) is 3.94. The number of imide groups is 1. The Morgan fingerprint density at radius 3 is 2.35 bits per heavy atom. The molecule has 0 spiro atoms. The molecule has 0 N–H and O–H groups in total. The Hall–Kier alpha value is -4.40. The van der Waals surface area contributed by atoms with E-state index in [4.69, 9.17) is 0 Å². The molecule has 0 saturated carbocycles. The van der Waals surface area contributed by atoms with Crippen LogP contribution in [-0.2, 0) is 0 Å². The zero-order valence-electron chi connectivity index (χ0n) is 16.6. The van der Waals surface area contributed by atoms with Crippen LogP contribution in [0.15, 0.2) is 54.7 Å². The van der Waals surface area contributed by atoms with Gasteiger partial charge in [-0.25, -0.2) is 14.6 Å². The molecule has 3 heterocycles. The Morgan fingerprint density at radius 1 is 0.968 bits per heavy atom. The molecule has 5 rings (SSSR count). The molecule has 9 nitrogen and oxygen atoms in total. The number of benzene rings is 2. The monoisotopic (exact) mass is 413 g/mol. The third-order valence-electron chi connectivity index (χ3n) is 5.38. The Balaban J connectivity index is 1.67. The first kappa shape index (κ1) is 18.6. The number of amides is 2. The van der Waals surface area contributed by atoms with Gasteiger partial charge in [-0.05, 0) is 37.6 Å². The first-order chi connectivity index (χ1) is 14.9. The van der Waals surface area contributed by atoms with E-state index < -0.39 is 16.7 Å². The minimum Gasteiger partial charge on any atom is -0.268 e. The number of para-hydroxylation sites is 1. The lowest BCUT2D eigenvalue weighted by atomic mass is 10.1. The maximum Gasteiger partial charge on any atom is 0.269 e. The van der Waals surface area contributed by atoms with Crippen LogP contribution >= 0.6 is 0 Å². The second kappa shape index (κ2) is 6.56. The van der Waals surface area contributed by atoms with Crippen LogP contribution in [0.4, 0.5) is 11.4 Å². The van der Waals surface area contributed by atoms with Crippen molar-refractivity contribution < 1.29 is 14.5 Å². The normalized spacial score (nSPS) is 13.2. The highest BCUT2D eigenvalue weighted by atomic mass is 16.6. The molecule has 1 aliphatic rings. The fraction of sp³-hybridized carbons (Fsp3) is 0.0909. The van der Waals surface area contributed by atoms with E-state index in [-0.39, 0.29) is 22.5 Å². The summed E-state index contributed by atoms with van der Waals surface area (Å²) in [7, 11) is 0. The van der Waals surface area contributed by atoms with E-state index in [0.717, 1.165) is 16.2 Å². The SMILES string of the molecule is Cc1ccccc1-n1nc(C)c2c3c(cnc21)C(=O)N(c1ccc([N+](=O)[O-])cc1)C3=O. The highest BCUT2D eigenvalue weighted by molar-refractivity contribution is 6.37. The Bertz CT molecular complexity index is 1420. The van der Waals surface area contributed by atoms with Crippen LogP contribution in [0.25, 0.3) is 16.7 Å². The van der Waals surface area contributed by atoms with E-state index in [1.807, 2.05) is 31.2 Å². The number of carbonyl (C=O) groups is 2. The van der Waals surface area contributed by atoms with Crippen molar-refractivity contribution in [2.24, 2.45) is 0 Å². The number of carbonyl (C=O) groups excluding carboxylic acids is 2. The fourth-order valence-corrected chi connectivity index (χ4v) is 3.89. The number of aromatic nitrogens is 3. The summed E-state index contributed by atoms with van der Waals surface area (Å²) in [5, 5.41) is 16.0. The van der Waals surface area contributed by atoms with Crippen LogP contribution < -0.4 is 4.90 Å². The number of hydrogen-bond acceptors (Lipinski definition) is 6. The number of nitro groups is 1. The van der Waals surface area contributed by atoms with Gasteiger partial charge in [0, 0.05) is 18.3 Å². The van der Waals surface area contributed by atoms with Gasteiger partial charge in [0.05, 0.1) is 38.5 Å². The van der Waals surface area contributed by atoms with Crippen LogP contribution in [0.3, 0.4) is 0 Å². The van der Waals surface area contributed by atoms with Crippen LogP contribution in [0.1, 0.15) is 32.0 Å². The molecular formula is C22H15N5O4. The number of fused-ring (bicyclic) bond motifs is 3. The van der Waals surface area contributed by atoms with E-state index in [1.165, 1.54) is 30.5 Å². The van der Waals surface area contributed by atoms with Gasteiger partial charge in [-0.3, -0.25) is 19.7 Å². The van der Waals surface area contributed by atoms with Crippen molar-refractivity contribution in [1.82, 2.24) is 14.8 Å². The fourth-order valence-electron chi connectivity index (χ4n) is 3.89. The average molecular weight is 413 g/mol. The zero-order chi connectivity index (χ0) is 21.9. The molecule has 0 aliphatic carbocycles. The first-order valence-electron chi connectivity index (χ1n) is 9.46. The summed E-state index contributed by atoms with van der Waals surface area (Å²) >= 11 is 0. The number of nitrogens with zero attached hydrogens (tertiary/aromatic N) is 5. The van der Waals surface area contributed by atoms with Gasteiger partial charge < -0.3 is 0 Å². The zero-order valence-corrected chi connectivity index (χ0v) is 16.6. The van der Waals surface area contributed by atoms with Crippen LogP contribution in [0.2, 0.25) is 0 Å². The summed E-state index contributed by atoms with van der Waals surface area (Å²) in [4.78, 5) is 42.2. The third-order valence-corrected chi connectivity index (χ3v) is 5.38. The maximum absolute atomic E-state index is 13.3. The van der Waals surface area contributed by atoms with E-state index in [9.17, 15) is 19.7 Å². The van der Waals surface area contributed by atoms with Crippen molar-refractivity contribution in [3.8, 4) is 5.69 Å². The van der Waals surface area contributed by atoms with E-state index in [1.54, 1.807) is 11.6 Å². The summed E-state index contributed by atoms with van der Waals surface area (Å²) in [6.45, 7) is 3.72. The van der Waals surface area contributed by atoms with E-state index >= 15 is 0 Å². The number of aryl methyl sites for hydroxylation is 2. The number of hydrogen-bond donors (Lipinski definition) is 0. The Labute approximate surface area is 175 Å². The van der Waals surface area contributed by atoms with Crippen molar-refractivity contribution in [3.63, 3.8) is 0 Å². The molecule has 4 aromatic rings. The molecule has 2 amide bonds. The maximum atomic E-state index is 13.3. The van der Waals surface area contributed by atoms with Crippen molar-refractivity contribution in [2.45, 2.75) is 13.8 Å². The molecular weight excluding hydrogens is 398 g/mol. The van der Waals surface area contributed by atoms with Gasteiger partial charge in [-0.2, -0.15) is 5.10 Å². The quantitative estimate of drug-likeness (QED) is 0.287. The summed E-state index contributed by atoms with van der Waals surface area (Å²) in [6.07, 6.45) is 1.39. The summed E-state index contributed by atoms with van der Waals surface area (Å²) in [5.74, 6) is -1.03. The van der Waals surface area contributed by atoms with Crippen molar-refractivity contribution in [3.05, 3.63) is 87.2 Å². The van der Waals surface area contributed by atoms with Gasteiger partial charge >= 0.3 is 0 Å². The molecule has 2 aromatic carbocycles. The number of nitro benzene ring substituents is 1. The molecule has 9 heteroatoms. The predicted octanol–water partition coefficient (Wildman–Crippen LogP) is 3.75. The Morgan fingerprint density at radius 2 is 1.68 bits per heavy atom. The lowest BCUT2D eigenvalue weighted by Gasteiger charge is -2.13. The summed E-state index contributed by atoms with van der Waals surface area (Å²) in [6, 6.07) is 13.0. The standard InChI is InChI=1S/C22H15N5O4/c1-12-5-3-4-6-17(12)26-20-18(13(2)24-26)19-16(11-23-20)21(28)25(22(19)29)14-7-9-15(10-8-14)27(30)31/h3-11H,1-2H3. The lowest BCUT2D eigenvalue weighted by molar-refractivity contribution is -0.384. The second-order valence-electron chi connectivity index (χ2n) is 7.25. The molecule has 31 heavy (non-hydrogen) atoms. The first-order valence-corrected chi connectivity index (χ1v) is 9.46. The molecule has 0 fully saturated rings. The minimum atomic E-state index is -0.539. The second-order valence-corrected chi connectivity index (χ2v) is 7.25. The van der Waals surface area contributed by atoms with Crippen LogP contribution in [0.5, 0.6) is 0 Å². The lowest BCUT2D eigenvalue weighted by Crippen LogP contribution is -2.29. The molecule has 152 valence electrons. The predicted molar refractivity (Wildman–Crippen MR) is 113 cm³/mol. The topological polar surface area (TPSA) is 111 Å². The van der Waals surface area contributed by atoms with Gasteiger partial charge in [-0.1, -0.05) is 18.2 Å². The minimum absolute atomic E-state index is 0.125. The summed E-state index contributed by atoms with van der Waals surface area (Å²) in [5.41, 5.74) is 3.44. The van der Waals surface area contributed by atoms with Gasteiger partial charge in [0.2, 0.25) is 0 Å². The van der Waals surface area contributed by atoms with Gasteiger partial charge in [0.1, 0.15) is 0 Å². The van der Waals surface area contributed by atoms with Gasteiger partial charge in [0.15, 0.2) is 5.65 Å². The number of non-ortho nitro benzene ring substituents is 1. The van der Waals surface area contributed by atoms with Crippen molar-refractivity contribution >= 4 is 34.2 Å². The average Bonchev–Trinajstić information content (AvgIpc) is 3.22. The smallest absolute Gasteiger partial charge is 0.268 e. The number of rotatable bonds is 3. The molecule has 0 atom stereocenters. The van der Waals surface area contributed by atoms with Gasteiger partial charge in [0.25, 0.3) is 17.5 Å². The van der Waals surface area contributed by atoms with E-state index in [2.05, 4.69) is 10.1 Å². The highest BCUT2D eigenvalue weighted by Crippen LogP contribution is 2.35. The van der Waals surface area contributed by atoms with Gasteiger partial charge in [-0.15, -0.1) is 0 Å². The molecule has 2 aromatic heterocycles. The number of pyridine rings is 1.